The first-order valence-corrected chi connectivity index (χ1v) is 6.04. The highest BCUT2D eigenvalue weighted by molar-refractivity contribution is 6.33. The Morgan fingerprint density at radius 3 is 2.74 bits per heavy atom. The molecule has 8 heteroatoms. The Labute approximate surface area is 114 Å². The first kappa shape index (κ1) is 13.7. The summed E-state index contributed by atoms with van der Waals surface area (Å²) in [6, 6.07) is 4.26. The van der Waals surface area contributed by atoms with E-state index in [0.29, 0.717) is 26.3 Å². The largest absolute Gasteiger partial charge is 0.379 e. The lowest BCUT2D eigenvalue weighted by molar-refractivity contribution is -0.385. The van der Waals surface area contributed by atoms with E-state index in [1.165, 1.54) is 18.2 Å². The lowest BCUT2D eigenvalue weighted by Crippen LogP contribution is -2.48. The predicted octanol–water partition coefficient (Wildman–Crippen LogP) is 1.23. The van der Waals surface area contributed by atoms with Gasteiger partial charge in [-0.15, -0.1) is 0 Å². The zero-order valence-electron chi connectivity index (χ0n) is 9.97. The molecule has 1 heterocycles. The summed E-state index contributed by atoms with van der Waals surface area (Å²) in [5.74, 6) is -0.545. The molecule has 1 aromatic carbocycles. The predicted molar refractivity (Wildman–Crippen MR) is 68.0 cm³/mol. The molecule has 0 atom stereocenters. The molecule has 0 saturated carbocycles. The van der Waals surface area contributed by atoms with Gasteiger partial charge in [0.15, 0.2) is 0 Å². The number of hydrazine groups is 1. The van der Waals surface area contributed by atoms with Gasteiger partial charge in [-0.1, -0.05) is 17.7 Å². The van der Waals surface area contributed by atoms with Crippen molar-refractivity contribution in [3.63, 3.8) is 0 Å². The van der Waals surface area contributed by atoms with E-state index in [-0.39, 0.29) is 16.3 Å². The van der Waals surface area contributed by atoms with Crippen LogP contribution in [0.5, 0.6) is 0 Å². The van der Waals surface area contributed by atoms with Crippen molar-refractivity contribution in [2.24, 2.45) is 0 Å². The van der Waals surface area contributed by atoms with Crippen LogP contribution in [-0.2, 0) is 4.74 Å². The van der Waals surface area contributed by atoms with Crippen molar-refractivity contribution in [3.8, 4) is 0 Å². The molecule has 0 aromatic heterocycles. The van der Waals surface area contributed by atoms with Crippen LogP contribution >= 0.6 is 11.6 Å². The second-order valence-electron chi connectivity index (χ2n) is 3.93. The fraction of sp³-hybridized carbons (Fsp3) is 0.364. The minimum absolute atomic E-state index is 0.0519. The van der Waals surface area contributed by atoms with Crippen molar-refractivity contribution in [1.29, 1.82) is 0 Å². The number of nitrogens with zero attached hydrogens (tertiary/aromatic N) is 2. The standard InChI is InChI=1S/C11H12ClN3O4/c12-9-3-1-2-8(10(9)15(17)18)11(16)13-14-4-6-19-7-5-14/h1-3H,4-7H2,(H,13,16). The Hall–Kier alpha value is -1.70. The average molecular weight is 286 g/mol. The van der Waals surface area contributed by atoms with Crippen LogP contribution in [0, 0.1) is 10.1 Å². The van der Waals surface area contributed by atoms with Gasteiger partial charge in [0.2, 0.25) is 0 Å². The van der Waals surface area contributed by atoms with E-state index in [1.54, 1.807) is 5.01 Å². The summed E-state index contributed by atoms with van der Waals surface area (Å²) in [6.07, 6.45) is 0. The molecule has 1 saturated heterocycles. The fourth-order valence-corrected chi connectivity index (χ4v) is 2.01. The Bertz CT molecular complexity index is 503. The second kappa shape index (κ2) is 5.96. The molecule has 1 N–H and O–H groups in total. The third-order valence-corrected chi connectivity index (χ3v) is 2.99. The highest BCUT2D eigenvalue weighted by atomic mass is 35.5. The number of morpholine rings is 1. The van der Waals surface area contributed by atoms with Gasteiger partial charge in [0.25, 0.3) is 5.91 Å². The van der Waals surface area contributed by atoms with Crippen LogP contribution in [-0.4, -0.2) is 42.1 Å². The summed E-state index contributed by atoms with van der Waals surface area (Å²) < 4.78 is 5.15. The summed E-state index contributed by atoms with van der Waals surface area (Å²) in [7, 11) is 0. The Morgan fingerprint density at radius 2 is 2.11 bits per heavy atom. The maximum atomic E-state index is 12.0. The summed E-state index contributed by atoms with van der Waals surface area (Å²) in [6.45, 7) is 2.11. The molecule has 0 radical (unpaired) electrons. The van der Waals surface area contributed by atoms with Crippen molar-refractivity contribution in [1.82, 2.24) is 10.4 Å². The molecular weight excluding hydrogens is 274 g/mol. The van der Waals surface area contributed by atoms with Crippen molar-refractivity contribution < 1.29 is 14.5 Å². The van der Waals surface area contributed by atoms with E-state index in [0.717, 1.165) is 0 Å². The molecular formula is C11H12ClN3O4. The highest BCUT2D eigenvalue weighted by Crippen LogP contribution is 2.28. The lowest BCUT2D eigenvalue weighted by atomic mass is 10.1. The molecule has 0 bridgehead atoms. The number of ether oxygens (including phenoxy) is 1. The number of nitro benzene ring substituents is 1. The monoisotopic (exact) mass is 285 g/mol. The number of amides is 1. The number of carbonyl (C=O) groups is 1. The SMILES string of the molecule is O=C(NN1CCOCC1)c1cccc(Cl)c1[N+](=O)[O-]. The van der Waals surface area contributed by atoms with Gasteiger partial charge in [0.05, 0.1) is 18.1 Å². The summed E-state index contributed by atoms with van der Waals surface area (Å²) in [5.41, 5.74) is 2.18. The zero-order valence-corrected chi connectivity index (χ0v) is 10.7. The van der Waals surface area contributed by atoms with E-state index in [2.05, 4.69) is 5.43 Å². The minimum atomic E-state index is -0.656. The number of hydrogen-bond donors (Lipinski definition) is 1. The lowest BCUT2D eigenvalue weighted by Gasteiger charge is -2.26. The summed E-state index contributed by atoms with van der Waals surface area (Å²) in [4.78, 5) is 22.3. The van der Waals surface area contributed by atoms with Gasteiger partial charge in [0.1, 0.15) is 10.6 Å². The molecule has 1 aliphatic heterocycles. The van der Waals surface area contributed by atoms with Crippen LogP contribution in [0.3, 0.4) is 0 Å². The molecule has 1 aromatic rings. The molecule has 0 aliphatic carbocycles. The van der Waals surface area contributed by atoms with Crippen LogP contribution < -0.4 is 5.43 Å². The van der Waals surface area contributed by atoms with Gasteiger partial charge in [-0.2, -0.15) is 0 Å². The van der Waals surface area contributed by atoms with Crippen LogP contribution in [0.15, 0.2) is 18.2 Å². The third kappa shape index (κ3) is 3.19. The van der Waals surface area contributed by atoms with E-state index in [9.17, 15) is 14.9 Å². The van der Waals surface area contributed by atoms with Crippen LogP contribution in [0.1, 0.15) is 10.4 Å². The topological polar surface area (TPSA) is 84.7 Å². The van der Waals surface area contributed by atoms with Crippen molar-refractivity contribution >= 4 is 23.2 Å². The van der Waals surface area contributed by atoms with Crippen LogP contribution in [0.25, 0.3) is 0 Å². The fourth-order valence-electron chi connectivity index (χ4n) is 1.76. The molecule has 7 nitrogen and oxygen atoms in total. The van der Waals surface area contributed by atoms with Gasteiger partial charge < -0.3 is 4.74 Å². The maximum absolute atomic E-state index is 12.0. The molecule has 19 heavy (non-hydrogen) atoms. The smallest absolute Gasteiger partial charge is 0.300 e. The van der Waals surface area contributed by atoms with Gasteiger partial charge in [-0.05, 0) is 12.1 Å². The molecule has 2 rings (SSSR count). The number of rotatable bonds is 3. The van der Waals surface area contributed by atoms with Gasteiger partial charge in [-0.3, -0.25) is 20.3 Å². The number of halogens is 1. The van der Waals surface area contributed by atoms with Gasteiger partial charge in [-0.25, -0.2) is 5.01 Å². The minimum Gasteiger partial charge on any atom is -0.379 e. The van der Waals surface area contributed by atoms with Crippen molar-refractivity contribution in [2.45, 2.75) is 0 Å². The first-order valence-electron chi connectivity index (χ1n) is 5.66. The molecule has 102 valence electrons. The number of carbonyl (C=O) groups excluding carboxylic acids is 1. The number of nitro groups is 1. The molecule has 0 unspecified atom stereocenters. The molecule has 0 spiro atoms. The van der Waals surface area contributed by atoms with E-state index >= 15 is 0 Å². The Morgan fingerprint density at radius 1 is 1.42 bits per heavy atom. The van der Waals surface area contributed by atoms with E-state index in [1.807, 2.05) is 0 Å². The van der Waals surface area contributed by atoms with Crippen molar-refractivity contribution in [3.05, 3.63) is 38.9 Å². The number of benzene rings is 1. The quantitative estimate of drug-likeness (QED) is 0.667. The third-order valence-electron chi connectivity index (χ3n) is 2.68. The van der Waals surface area contributed by atoms with Gasteiger partial charge >= 0.3 is 5.69 Å². The summed E-state index contributed by atoms with van der Waals surface area (Å²) >= 11 is 5.76. The van der Waals surface area contributed by atoms with E-state index in [4.69, 9.17) is 16.3 Å². The van der Waals surface area contributed by atoms with Crippen LogP contribution in [0.4, 0.5) is 5.69 Å². The first-order chi connectivity index (χ1) is 9.09. The highest BCUT2D eigenvalue weighted by Gasteiger charge is 2.25. The Kier molecular flexibility index (Phi) is 4.31. The van der Waals surface area contributed by atoms with E-state index < -0.39 is 10.8 Å². The van der Waals surface area contributed by atoms with Crippen LogP contribution in [0.2, 0.25) is 5.02 Å². The Balaban J connectivity index is 2.18. The average Bonchev–Trinajstić information content (AvgIpc) is 2.39. The molecule has 1 aliphatic rings. The maximum Gasteiger partial charge on any atom is 0.300 e. The summed E-state index contributed by atoms with van der Waals surface area (Å²) in [5, 5.41) is 12.6. The number of nitrogens with one attached hydrogen (secondary N) is 1. The number of para-hydroxylation sites is 1. The molecule has 1 fully saturated rings. The zero-order chi connectivity index (χ0) is 13.8. The normalized spacial score (nSPS) is 16.1. The number of hydrogen-bond acceptors (Lipinski definition) is 5. The second-order valence-corrected chi connectivity index (χ2v) is 4.34. The van der Waals surface area contributed by atoms with Gasteiger partial charge in [0, 0.05) is 13.1 Å². The van der Waals surface area contributed by atoms with Crippen molar-refractivity contribution in [2.75, 3.05) is 26.3 Å². The molecule has 1 amide bonds.